The van der Waals surface area contributed by atoms with Gasteiger partial charge < -0.3 is 9.84 Å². The molecule has 2 radical (unpaired) electrons. The summed E-state index contributed by atoms with van der Waals surface area (Å²) in [6.07, 6.45) is 3.73. The molecule has 0 amide bonds. The van der Waals surface area contributed by atoms with Crippen LogP contribution in [0.15, 0.2) is 12.4 Å². The summed E-state index contributed by atoms with van der Waals surface area (Å²) in [6.45, 7) is -0.0434. The molecule has 1 aliphatic heterocycles. The van der Waals surface area contributed by atoms with E-state index in [2.05, 4.69) is 10.3 Å². The maximum atomic E-state index is 9.01. The average Bonchev–Trinajstić information content (AvgIpc) is 2.71. The molecular weight excluding hydrogens is 169 g/mol. The Labute approximate surface area is 77.1 Å². The van der Waals surface area contributed by atoms with Gasteiger partial charge in [-0.05, 0) is 6.42 Å². The molecule has 13 heavy (non-hydrogen) atoms. The Morgan fingerprint density at radius 2 is 2.54 bits per heavy atom. The molecule has 68 valence electrons. The van der Waals surface area contributed by atoms with Crippen LogP contribution in [0.2, 0.25) is 0 Å². The largest absolute Gasteiger partial charge is 0.394 e. The van der Waals surface area contributed by atoms with Crippen LogP contribution in [-0.2, 0) is 4.74 Å². The second kappa shape index (κ2) is 3.47. The van der Waals surface area contributed by atoms with Crippen LogP contribution in [0.1, 0.15) is 12.5 Å². The molecule has 5 nitrogen and oxygen atoms in total. The maximum Gasteiger partial charge on any atom is 0.109 e. The fraction of sp³-hybridized carbons (Fsp3) is 0.714. The number of rotatable bonds is 2. The average molecular weight is 179 g/mol. The predicted molar refractivity (Wildman–Crippen MR) is 45.2 cm³/mol. The number of hydrogen-bond acceptors (Lipinski definition) is 4. The van der Waals surface area contributed by atoms with Gasteiger partial charge in [-0.15, -0.1) is 5.10 Å². The Balaban J connectivity index is 2.14. The summed E-state index contributed by atoms with van der Waals surface area (Å²) in [6, 6.07) is -0.311. The van der Waals surface area contributed by atoms with Crippen molar-refractivity contribution in [3.05, 3.63) is 12.4 Å². The Bertz CT molecular complexity index is 267. The highest BCUT2D eigenvalue weighted by atomic mass is 16.5. The summed E-state index contributed by atoms with van der Waals surface area (Å²) >= 11 is 0. The van der Waals surface area contributed by atoms with Crippen LogP contribution in [0.5, 0.6) is 0 Å². The summed E-state index contributed by atoms with van der Waals surface area (Å²) in [5.41, 5.74) is 0. The standard InChI is InChI=1S/C7H10BN3O2/c8-7-3-5(6(4-12)13-7)11-2-1-9-10-11/h1-2,5-7,12H,3-4H2. The Morgan fingerprint density at radius 3 is 3.15 bits per heavy atom. The second-order valence-corrected chi connectivity index (χ2v) is 3.08. The number of hydrogen-bond donors (Lipinski definition) is 1. The lowest BCUT2D eigenvalue weighted by atomic mass is 9.95. The molecule has 2 rings (SSSR count). The van der Waals surface area contributed by atoms with Crippen molar-refractivity contribution in [2.45, 2.75) is 24.6 Å². The Morgan fingerprint density at radius 1 is 1.69 bits per heavy atom. The van der Waals surface area contributed by atoms with Crippen LogP contribution < -0.4 is 0 Å². The quantitative estimate of drug-likeness (QED) is 0.597. The third kappa shape index (κ3) is 1.59. The van der Waals surface area contributed by atoms with Crippen LogP contribution in [-0.4, -0.2) is 46.7 Å². The van der Waals surface area contributed by atoms with Gasteiger partial charge in [-0.1, -0.05) is 5.21 Å². The molecule has 1 N–H and O–H groups in total. The van der Waals surface area contributed by atoms with Gasteiger partial charge in [-0.2, -0.15) is 0 Å². The first-order valence-corrected chi connectivity index (χ1v) is 4.19. The van der Waals surface area contributed by atoms with Crippen molar-refractivity contribution in [3.8, 4) is 0 Å². The topological polar surface area (TPSA) is 60.2 Å². The van der Waals surface area contributed by atoms with Crippen molar-refractivity contribution >= 4 is 7.85 Å². The molecule has 2 heterocycles. The molecular formula is C7H10BN3O2. The van der Waals surface area contributed by atoms with E-state index in [4.69, 9.17) is 17.7 Å². The van der Waals surface area contributed by atoms with Crippen LogP contribution in [0.4, 0.5) is 0 Å². The van der Waals surface area contributed by atoms with Crippen LogP contribution in [0.25, 0.3) is 0 Å². The molecule has 6 heteroatoms. The molecule has 3 atom stereocenters. The van der Waals surface area contributed by atoms with Gasteiger partial charge >= 0.3 is 0 Å². The molecule has 1 aromatic heterocycles. The van der Waals surface area contributed by atoms with Gasteiger partial charge in [0.05, 0.1) is 18.8 Å². The minimum atomic E-state index is -0.314. The summed E-state index contributed by atoms with van der Waals surface area (Å²) in [5.74, 6) is 0. The van der Waals surface area contributed by atoms with E-state index in [0.717, 1.165) is 0 Å². The van der Waals surface area contributed by atoms with Crippen molar-refractivity contribution in [1.82, 2.24) is 15.0 Å². The zero-order chi connectivity index (χ0) is 9.26. The van der Waals surface area contributed by atoms with E-state index >= 15 is 0 Å². The van der Waals surface area contributed by atoms with Crippen molar-refractivity contribution in [1.29, 1.82) is 0 Å². The summed E-state index contributed by atoms with van der Waals surface area (Å²) in [4.78, 5) is 0. The lowest BCUT2D eigenvalue weighted by Gasteiger charge is -2.15. The van der Waals surface area contributed by atoms with E-state index in [1.807, 2.05) is 0 Å². The van der Waals surface area contributed by atoms with E-state index in [0.29, 0.717) is 6.42 Å². The minimum absolute atomic E-state index is 0.00231. The molecule has 0 bridgehead atoms. The molecule has 1 fully saturated rings. The number of ether oxygens (including phenoxy) is 1. The van der Waals surface area contributed by atoms with Crippen molar-refractivity contribution in [2.24, 2.45) is 0 Å². The van der Waals surface area contributed by atoms with Gasteiger partial charge in [0.2, 0.25) is 0 Å². The predicted octanol–water partition coefficient (Wildman–Crippen LogP) is -0.905. The van der Waals surface area contributed by atoms with Crippen molar-refractivity contribution in [2.75, 3.05) is 6.61 Å². The highest BCUT2D eigenvalue weighted by Crippen LogP contribution is 2.28. The van der Waals surface area contributed by atoms with Gasteiger partial charge in [-0.3, -0.25) is 0 Å². The monoisotopic (exact) mass is 179 g/mol. The van der Waals surface area contributed by atoms with E-state index in [-0.39, 0.29) is 24.8 Å². The van der Waals surface area contributed by atoms with Crippen LogP contribution in [0.3, 0.4) is 0 Å². The van der Waals surface area contributed by atoms with Crippen molar-refractivity contribution in [3.63, 3.8) is 0 Å². The van der Waals surface area contributed by atoms with Crippen LogP contribution >= 0.6 is 0 Å². The van der Waals surface area contributed by atoms with E-state index < -0.39 is 0 Å². The first-order chi connectivity index (χ1) is 6.31. The first-order valence-electron chi connectivity index (χ1n) is 4.19. The van der Waals surface area contributed by atoms with E-state index in [9.17, 15) is 0 Å². The third-order valence-electron chi connectivity index (χ3n) is 2.21. The fourth-order valence-corrected chi connectivity index (χ4v) is 1.60. The zero-order valence-corrected chi connectivity index (χ0v) is 7.08. The van der Waals surface area contributed by atoms with E-state index in [1.165, 1.54) is 0 Å². The van der Waals surface area contributed by atoms with Gasteiger partial charge in [0, 0.05) is 12.2 Å². The molecule has 0 spiro atoms. The van der Waals surface area contributed by atoms with Crippen molar-refractivity contribution < 1.29 is 9.84 Å². The van der Waals surface area contributed by atoms with Gasteiger partial charge in [0.15, 0.2) is 0 Å². The highest BCUT2D eigenvalue weighted by molar-refractivity contribution is 6.11. The number of aromatic nitrogens is 3. The summed E-state index contributed by atoms with van der Waals surface area (Å²) in [7, 11) is 5.60. The van der Waals surface area contributed by atoms with Gasteiger partial charge in [0.25, 0.3) is 0 Å². The van der Waals surface area contributed by atoms with E-state index in [1.54, 1.807) is 17.1 Å². The lowest BCUT2D eigenvalue weighted by molar-refractivity contribution is 0.0266. The molecule has 0 aliphatic carbocycles. The number of nitrogens with zero attached hydrogens (tertiary/aromatic N) is 3. The van der Waals surface area contributed by atoms with Crippen LogP contribution in [0, 0.1) is 0 Å². The minimum Gasteiger partial charge on any atom is -0.394 e. The first kappa shape index (κ1) is 8.71. The SMILES string of the molecule is [B]C1CC(n2ccnn2)C(CO)O1. The molecule has 1 aromatic rings. The lowest BCUT2D eigenvalue weighted by Crippen LogP contribution is -2.24. The molecule has 0 aromatic carbocycles. The Hall–Kier alpha value is -0.875. The third-order valence-corrected chi connectivity index (χ3v) is 2.21. The Kier molecular flexibility index (Phi) is 2.33. The fourth-order valence-electron chi connectivity index (χ4n) is 1.60. The molecule has 1 saturated heterocycles. The van der Waals surface area contributed by atoms with Gasteiger partial charge in [-0.25, -0.2) is 4.68 Å². The highest BCUT2D eigenvalue weighted by Gasteiger charge is 2.33. The number of aliphatic hydroxyl groups excluding tert-OH is 1. The summed E-state index contributed by atoms with van der Waals surface area (Å²) in [5, 5.41) is 16.6. The molecule has 3 unspecified atom stereocenters. The second-order valence-electron chi connectivity index (χ2n) is 3.08. The summed E-state index contributed by atoms with van der Waals surface area (Å²) < 4.78 is 6.96. The molecule has 1 aliphatic rings. The normalized spacial score (nSPS) is 33.8. The van der Waals surface area contributed by atoms with Gasteiger partial charge in [0.1, 0.15) is 14.0 Å². The maximum absolute atomic E-state index is 9.01. The number of aliphatic hydroxyl groups is 1. The zero-order valence-electron chi connectivity index (χ0n) is 7.08. The smallest absolute Gasteiger partial charge is 0.109 e. The molecule has 0 saturated carbocycles.